The van der Waals surface area contributed by atoms with E-state index in [0.717, 1.165) is 22.7 Å². The highest BCUT2D eigenvalue weighted by Gasteiger charge is 2.59. The summed E-state index contributed by atoms with van der Waals surface area (Å²) in [5, 5.41) is 38.0. The fraction of sp³-hybridized carbons (Fsp3) is 0.600. The van der Waals surface area contributed by atoms with Crippen molar-refractivity contribution in [3.63, 3.8) is 0 Å². The fourth-order valence-corrected chi connectivity index (χ4v) is 7.05. The van der Waals surface area contributed by atoms with Crippen molar-refractivity contribution in [1.82, 2.24) is 10.3 Å². The second kappa shape index (κ2) is 9.81. The van der Waals surface area contributed by atoms with Crippen molar-refractivity contribution >= 4 is 28.1 Å². The number of anilines is 2. The molecule has 8 nitrogen and oxygen atoms in total. The minimum Gasteiger partial charge on any atom is -0.508 e. The van der Waals surface area contributed by atoms with E-state index in [4.69, 9.17) is 9.72 Å². The van der Waals surface area contributed by atoms with Gasteiger partial charge in [-0.3, -0.25) is 4.79 Å². The molecule has 0 bridgehead atoms. The molecule has 1 fully saturated rings. The molecule has 4 rings (SSSR count). The second-order valence-corrected chi connectivity index (χ2v) is 11.2. The van der Waals surface area contributed by atoms with Gasteiger partial charge < -0.3 is 30.7 Å². The minimum atomic E-state index is -0.654. The van der Waals surface area contributed by atoms with Crippen LogP contribution in [0.1, 0.15) is 49.6 Å². The van der Waals surface area contributed by atoms with E-state index in [-0.39, 0.29) is 41.9 Å². The number of fused-ring (bicyclic) bond motifs is 2. The van der Waals surface area contributed by atoms with E-state index >= 15 is 0 Å². The molecule has 0 aliphatic heterocycles. The summed E-state index contributed by atoms with van der Waals surface area (Å²) in [4.78, 5) is 18.9. The molecule has 1 amide bonds. The third kappa shape index (κ3) is 4.54. The zero-order valence-electron chi connectivity index (χ0n) is 20.0. The van der Waals surface area contributed by atoms with Gasteiger partial charge in [-0.2, -0.15) is 0 Å². The van der Waals surface area contributed by atoms with E-state index in [1.54, 1.807) is 25.3 Å². The quantitative estimate of drug-likeness (QED) is 0.361. The van der Waals surface area contributed by atoms with Crippen LogP contribution in [0.25, 0.3) is 0 Å². The van der Waals surface area contributed by atoms with E-state index in [2.05, 4.69) is 17.6 Å². The van der Waals surface area contributed by atoms with Crippen molar-refractivity contribution < 1.29 is 24.9 Å². The number of aromatic nitrogens is 1. The number of amides is 1. The molecule has 0 radical (unpaired) electrons. The van der Waals surface area contributed by atoms with Crippen LogP contribution in [0.3, 0.4) is 0 Å². The second-order valence-electron chi connectivity index (χ2n) is 10.1. The zero-order valence-corrected chi connectivity index (χ0v) is 20.8. The molecule has 1 saturated carbocycles. The maximum Gasteiger partial charge on any atom is 0.220 e. The average molecular weight is 490 g/mol. The number of hydrogen-bond donors (Lipinski definition) is 5. The molecule has 0 spiro atoms. The first-order valence-corrected chi connectivity index (χ1v) is 12.6. The Labute approximate surface area is 204 Å². The third-order valence-electron chi connectivity index (χ3n) is 8.01. The highest BCUT2D eigenvalue weighted by atomic mass is 32.1. The molecular weight excluding hydrogens is 454 g/mol. The first-order chi connectivity index (χ1) is 16.2. The number of carbonyl (C=O) groups excluding carboxylic acids is 1. The van der Waals surface area contributed by atoms with Crippen molar-refractivity contribution in [2.45, 2.75) is 51.6 Å². The molecule has 2 aromatic rings. The fourth-order valence-electron chi connectivity index (χ4n) is 5.96. The van der Waals surface area contributed by atoms with Gasteiger partial charge in [0.1, 0.15) is 5.75 Å². The topological polar surface area (TPSA) is 124 Å². The van der Waals surface area contributed by atoms with Crippen LogP contribution >= 0.6 is 11.3 Å². The molecule has 5 unspecified atom stereocenters. The Balaban J connectivity index is 1.70. The number of ether oxygens (including phenoxy) is 1. The molecule has 34 heavy (non-hydrogen) atoms. The molecule has 186 valence electrons. The Morgan fingerprint density at radius 1 is 1.35 bits per heavy atom. The first kappa shape index (κ1) is 24.9. The van der Waals surface area contributed by atoms with Gasteiger partial charge in [0.25, 0.3) is 0 Å². The summed E-state index contributed by atoms with van der Waals surface area (Å²) in [6, 6.07) is 6.88. The summed E-state index contributed by atoms with van der Waals surface area (Å²) in [6.45, 7) is 4.95. The number of aromatic hydroxyl groups is 1. The molecule has 5 atom stereocenters. The summed E-state index contributed by atoms with van der Waals surface area (Å²) in [5.74, 6) is -0.0180. The summed E-state index contributed by atoms with van der Waals surface area (Å²) in [6.07, 6.45) is 1.74. The van der Waals surface area contributed by atoms with E-state index < -0.39 is 11.5 Å². The summed E-state index contributed by atoms with van der Waals surface area (Å²) in [5.41, 5.74) is 0.709. The Bertz CT molecular complexity index is 1030. The standard InChI is InChI=1S/C25H35N3O5S/c1-24-8-7-20(31)25(2,14-29)19(24)13-18-22(17(24)12-21(32)26-9-10-33-3)28-23(34-18)27-15-5-4-6-16(30)11-15/h4-6,11,17,19-20,29-31H,7-10,12-14H2,1-3H3,(H,26,32)(H,27,28). The molecule has 1 aromatic heterocycles. The predicted molar refractivity (Wildman–Crippen MR) is 131 cm³/mol. The highest BCUT2D eigenvalue weighted by molar-refractivity contribution is 7.15. The van der Waals surface area contributed by atoms with Crippen LogP contribution in [-0.4, -0.2) is 59.2 Å². The van der Waals surface area contributed by atoms with Gasteiger partial charge in [0.05, 0.1) is 25.0 Å². The van der Waals surface area contributed by atoms with E-state index in [1.165, 1.54) is 11.3 Å². The zero-order chi connectivity index (χ0) is 24.5. The van der Waals surface area contributed by atoms with Crippen LogP contribution in [0.4, 0.5) is 10.8 Å². The average Bonchev–Trinajstić information content (AvgIpc) is 3.20. The number of aliphatic hydroxyl groups excluding tert-OH is 2. The number of methoxy groups -OCH3 is 1. The molecule has 0 saturated heterocycles. The van der Waals surface area contributed by atoms with Gasteiger partial charge in [-0.25, -0.2) is 4.98 Å². The van der Waals surface area contributed by atoms with Gasteiger partial charge in [0, 0.05) is 48.0 Å². The monoisotopic (exact) mass is 489 g/mol. The smallest absolute Gasteiger partial charge is 0.220 e. The third-order valence-corrected chi connectivity index (χ3v) is 9.02. The van der Waals surface area contributed by atoms with Gasteiger partial charge in [-0.05, 0) is 42.7 Å². The number of hydrogen-bond acceptors (Lipinski definition) is 8. The van der Waals surface area contributed by atoms with Crippen LogP contribution in [0.5, 0.6) is 5.75 Å². The van der Waals surface area contributed by atoms with Crippen LogP contribution in [0.2, 0.25) is 0 Å². The summed E-state index contributed by atoms with van der Waals surface area (Å²) in [7, 11) is 1.60. The molecule has 5 N–H and O–H groups in total. The van der Waals surface area contributed by atoms with E-state index in [9.17, 15) is 20.1 Å². The van der Waals surface area contributed by atoms with Crippen molar-refractivity contribution in [3.05, 3.63) is 34.8 Å². The molecule has 2 aliphatic carbocycles. The lowest BCUT2D eigenvalue weighted by Gasteiger charge is -2.58. The van der Waals surface area contributed by atoms with Crippen LogP contribution in [0, 0.1) is 16.7 Å². The summed E-state index contributed by atoms with van der Waals surface area (Å²) >= 11 is 1.54. The number of phenols is 1. The SMILES string of the molecule is COCCNC(=O)CC1c2nc(Nc3cccc(O)c3)sc2CC2C(C)(CO)C(O)CCC12C. The molecule has 2 aliphatic rings. The maximum absolute atomic E-state index is 12.9. The van der Waals surface area contributed by atoms with Gasteiger partial charge in [0.15, 0.2) is 5.13 Å². The van der Waals surface area contributed by atoms with Crippen LogP contribution < -0.4 is 10.6 Å². The number of carbonyl (C=O) groups is 1. The van der Waals surface area contributed by atoms with E-state index in [0.29, 0.717) is 31.1 Å². The van der Waals surface area contributed by atoms with Crippen molar-refractivity contribution in [2.24, 2.45) is 16.7 Å². The number of phenolic OH excluding ortho intramolecular Hbond substituents is 1. The Kier molecular flexibility index (Phi) is 7.19. The number of rotatable bonds is 8. The van der Waals surface area contributed by atoms with Crippen molar-refractivity contribution in [1.29, 1.82) is 0 Å². The molecule has 1 aromatic carbocycles. The summed E-state index contributed by atoms with van der Waals surface area (Å²) < 4.78 is 5.06. The normalized spacial score (nSPS) is 30.3. The Hall–Kier alpha value is -2.20. The van der Waals surface area contributed by atoms with Gasteiger partial charge in [-0.15, -0.1) is 11.3 Å². The van der Waals surface area contributed by atoms with Crippen LogP contribution in [-0.2, 0) is 16.0 Å². The maximum atomic E-state index is 12.9. The van der Waals surface area contributed by atoms with Gasteiger partial charge in [-0.1, -0.05) is 19.9 Å². The molecule has 1 heterocycles. The Morgan fingerprint density at radius 3 is 2.85 bits per heavy atom. The first-order valence-electron chi connectivity index (χ1n) is 11.8. The number of nitrogens with zero attached hydrogens (tertiary/aromatic N) is 1. The van der Waals surface area contributed by atoms with E-state index in [1.807, 2.05) is 13.0 Å². The number of benzene rings is 1. The number of aliphatic hydroxyl groups is 2. The predicted octanol–water partition coefficient (Wildman–Crippen LogP) is 3.16. The highest BCUT2D eigenvalue weighted by Crippen LogP contribution is 2.62. The Morgan fingerprint density at radius 2 is 2.15 bits per heavy atom. The lowest BCUT2D eigenvalue weighted by Crippen LogP contribution is -2.57. The number of thiazole rings is 1. The van der Waals surface area contributed by atoms with Crippen molar-refractivity contribution in [2.75, 3.05) is 32.2 Å². The van der Waals surface area contributed by atoms with Crippen molar-refractivity contribution in [3.8, 4) is 5.75 Å². The molecular formula is C25H35N3O5S. The minimum absolute atomic E-state index is 0.00657. The lowest BCUT2D eigenvalue weighted by molar-refractivity contribution is -0.144. The largest absolute Gasteiger partial charge is 0.508 e. The molecule has 9 heteroatoms. The van der Waals surface area contributed by atoms with Crippen LogP contribution in [0.15, 0.2) is 24.3 Å². The van der Waals surface area contributed by atoms with Gasteiger partial charge in [0.2, 0.25) is 5.91 Å². The lowest BCUT2D eigenvalue weighted by atomic mass is 9.47. The number of nitrogens with one attached hydrogen (secondary N) is 2. The van der Waals surface area contributed by atoms with Gasteiger partial charge >= 0.3 is 0 Å².